The maximum Gasteiger partial charge on any atom is 0.149 e. The van der Waals surface area contributed by atoms with Crippen LogP contribution in [0.15, 0.2) is 53.7 Å². The second kappa shape index (κ2) is 6.69. The smallest absolute Gasteiger partial charge is 0.149 e. The minimum absolute atomic E-state index is 0.0104. The minimum atomic E-state index is -0.693. The number of amidine groups is 1. The molecule has 0 fully saturated rings. The van der Waals surface area contributed by atoms with Crippen molar-refractivity contribution in [3.05, 3.63) is 65.7 Å². The van der Waals surface area contributed by atoms with Gasteiger partial charge in [-0.1, -0.05) is 35.5 Å². The maximum atomic E-state index is 13.6. The van der Waals surface area contributed by atoms with Crippen LogP contribution in [-0.4, -0.2) is 17.6 Å². The molecular weight excluding hydrogens is 276 g/mol. The molecule has 0 spiro atoms. The van der Waals surface area contributed by atoms with E-state index in [2.05, 4.69) is 10.5 Å². The van der Waals surface area contributed by atoms with E-state index in [-0.39, 0.29) is 18.1 Å². The van der Waals surface area contributed by atoms with Crippen molar-refractivity contribution in [2.24, 2.45) is 10.9 Å². The summed E-state index contributed by atoms with van der Waals surface area (Å²) >= 11 is 0. The Morgan fingerprint density at radius 2 is 1.90 bits per heavy atom. The number of nitrogens with zero attached hydrogens (tertiary/aromatic N) is 1. The van der Waals surface area contributed by atoms with Crippen molar-refractivity contribution in [2.75, 3.05) is 11.9 Å². The molecule has 0 saturated carbocycles. The van der Waals surface area contributed by atoms with Crippen molar-refractivity contribution in [1.29, 1.82) is 0 Å². The number of hydrogen-bond acceptors (Lipinski definition) is 3. The quantitative estimate of drug-likeness (QED) is 0.343. The predicted molar refractivity (Wildman–Crippen MR) is 77.4 cm³/mol. The molecule has 0 aliphatic rings. The van der Waals surface area contributed by atoms with Gasteiger partial charge >= 0.3 is 0 Å². The van der Waals surface area contributed by atoms with Gasteiger partial charge in [-0.05, 0) is 17.7 Å². The SMILES string of the molecule is NC(=NO)C(CNc1ccc(F)cc1F)c1ccccc1. The highest BCUT2D eigenvalue weighted by molar-refractivity contribution is 5.87. The van der Waals surface area contributed by atoms with E-state index in [4.69, 9.17) is 10.9 Å². The Morgan fingerprint density at radius 1 is 1.19 bits per heavy atom. The van der Waals surface area contributed by atoms with E-state index in [1.54, 1.807) is 0 Å². The lowest BCUT2D eigenvalue weighted by Gasteiger charge is -2.17. The van der Waals surface area contributed by atoms with Gasteiger partial charge in [-0.25, -0.2) is 8.78 Å². The summed E-state index contributed by atoms with van der Waals surface area (Å²) in [6.45, 7) is 0.211. The number of nitrogens with two attached hydrogens (primary N) is 1. The molecule has 2 aromatic rings. The zero-order valence-electron chi connectivity index (χ0n) is 11.1. The number of hydrogen-bond donors (Lipinski definition) is 3. The van der Waals surface area contributed by atoms with Crippen LogP contribution in [0.4, 0.5) is 14.5 Å². The fourth-order valence-electron chi connectivity index (χ4n) is 1.99. The van der Waals surface area contributed by atoms with Gasteiger partial charge < -0.3 is 16.3 Å². The van der Waals surface area contributed by atoms with E-state index in [1.165, 1.54) is 6.07 Å². The van der Waals surface area contributed by atoms with E-state index >= 15 is 0 Å². The van der Waals surface area contributed by atoms with E-state index in [1.807, 2.05) is 30.3 Å². The topological polar surface area (TPSA) is 70.6 Å². The number of halogens is 2. The number of rotatable bonds is 5. The third kappa shape index (κ3) is 3.68. The zero-order chi connectivity index (χ0) is 15.2. The third-order valence-corrected chi connectivity index (χ3v) is 3.10. The molecule has 1 unspecified atom stereocenters. The number of anilines is 1. The largest absolute Gasteiger partial charge is 0.409 e. The summed E-state index contributed by atoms with van der Waals surface area (Å²) in [4.78, 5) is 0. The molecule has 4 nitrogen and oxygen atoms in total. The van der Waals surface area contributed by atoms with E-state index in [0.717, 1.165) is 17.7 Å². The summed E-state index contributed by atoms with van der Waals surface area (Å²) in [5.74, 6) is -1.76. The van der Waals surface area contributed by atoms with Crippen LogP contribution < -0.4 is 11.1 Å². The molecule has 0 aliphatic heterocycles. The van der Waals surface area contributed by atoms with Crippen molar-refractivity contribution >= 4 is 11.5 Å². The number of oxime groups is 1. The molecule has 2 aromatic carbocycles. The molecule has 0 aromatic heterocycles. The minimum Gasteiger partial charge on any atom is -0.409 e. The van der Waals surface area contributed by atoms with Crippen LogP contribution >= 0.6 is 0 Å². The first-order chi connectivity index (χ1) is 10.1. The Labute approximate surface area is 120 Å². The van der Waals surface area contributed by atoms with Gasteiger partial charge in [-0.15, -0.1) is 0 Å². The lowest BCUT2D eigenvalue weighted by molar-refractivity contribution is 0.316. The number of benzene rings is 2. The average Bonchev–Trinajstić information content (AvgIpc) is 2.50. The van der Waals surface area contributed by atoms with Gasteiger partial charge in [0.15, 0.2) is 0 Å². The van der Waals surface area contributed by atoms with E-state index in [0.29, 0.717) is 0 Å². The van der Waals surface area contributed by atoms with Gasteiger partial charge in [0.25, 0.3) is 0 Å². The fourth-order valence-corrected chi connectivity index (χ4v) is 1.99. The first-order valence-electron chi connectivity index (χ1n) is 6.33. The van der Waals surface area contributed by atoms with Gasteiger partial charge in [-0.3, -0.25) is 0 Å². The Bertz CT molecular complexity index is 632. The molecule has 21 heavy (non-hydrogen) atoms. The molecule has 110 valence electrons. The summed E-state index contributed by atoms with van der Waals surface area (Å²) < 4.78 is 26.4. The highest BCUT2D eigenvalue weighted by Gasteiger charge is 2.17. The van der Waals surface area contributed by atoms with Gasteiger partial charge in [0.2, 0.25) is 0 Å². The monoisotopic (exact) mass is 291 g/mol. The summed E-state index contributed by atoms with van der Waals surface area (Å²) in [6, 6.07) is 12.4. The van der Waals surface area contributed by atoms with Crippen molar-refractivity contribution < 1.29 is 14.0 Å². The molecule has 0 radical (unpaired) electrons. The second-order valence-electron chi connectivity index (χ2n) is 4.49. The first-order valence-corrected chi connectivity index (χ1v) is 6.33. The van der Waals surface area contributed by atoms with Crippen molar-refractivity contribution in [1.82, 2.24) is 0 Å². The maximum absolute atomic E-state index is 13.6. The summed E-state index contributed by atoms with van der Waals surface area (Å²) in [5.41, 5.74) is 6.66. The van der Waals surface area contributed by atoms with Crippen LogP contribution in [-0.2, 0) is 0 Å². The Morgan fingerprint density at radius 3 is 2.52 bits per heavy atom. The Kier molecular flexibility index (Phi) is 4.71. The van der Waals surface area contributed by atoms with Crippen LogP contribution in [0.25, 0.3) is 0 Å². The lowest BCUT2D eigenvalue weighted by atomic mass is 9.98. The molecule has 4 N–H and O–H groups in total. The molecule has 6 heteroatoms. The van der Waals surface area contributed by atoms with Crippen LogP contribution in [0.1, 0.15) is 11.5 Å². The van der Waals surface area contributed by atoms with Gasteiger partial charge in [0, 0.05) is 12.6 Å². The lowest BCUT2D eigenvalue weighted by Crippen LogP contribution is -2.28. The van der Waals surface area contributed by atoms with Gasteiger partial charge in [-0.2, -0.15) is 0 Å². The van der Waals surface area contributed by atoms with Gasteiger partial charge in [0.05, 0.1) is 11.6 Å². The van der Waals surface area contributed by atoms with Crippen molar-refractivity contribution in [3.8, 4) is 0 Å². The molecule has 1 atom stereocenters. The normalized spacial score (nSPS) is 13.0. The predicted octanol–water partition coefficient (Wildman–Crippen LogP) is 2.91. The van der Waals surface area contributed by atoms with Crippen molar-refractivity contribution in [3.63, 3.8) is 0 Å². The molecule has 0 bridgehead atoms. The first kappa shape index (κ1) is 14.8. The Hall–Kier alpha value is -2.63. The highest BCUT2D eigenvalue weighted by atomic mass is 19.1. The summed E-state index contributed by atoms with van der Waals surface area (Å²) in [5, 5.41) is 14.7. The number of nitrogens with one attached hydrogen (secondary N) is 1. The van der Waals surface area contributed by atoms with Crippen LogP contribution in [0.3, 0.4) is 0 Å². The molecule has 0 aliphatic carbocycles. The molecule has 0 amide bonds. The molecular formula is C15H15F2N3O. The summed E-state index contributed by atoms with van der Waals surface area (Å²) in [6.07, 6.45) is 0. The highest BCUT2D eigenvalue weighted by Crippen LogP contribution is 2.19. The van der Waals surface area contributed by atoms with E-state index < -0.39 is 17.6 Å². The molecule has 2 rings (SSSR count). The standard InChI is InChI=1S/C15H15F2N3O/c16-11-6-7-14(13(17)8-11)19-9-12(15(18)20-21)10-4-2-1-3-5-10/h1-8,12,19,21H,9H2,(H2,18,20). The molecule has 0 saturated heterocycles. The Balaban J connectivity index is 2.17. The van der Waals surface area contributed by atoms with Gasteiger partial charge in [0.1, 0.15) is 17.5 Å². The van der Waals surface area contributed by atoms with E-state index in [9.17, 15) is 8.78 Å². The zero-order valence-corrected chi connectivity index (χ0v) is 11.1. The fraction of sp³-hybridized carbons (Fsp3) is 0.133. The van der Waals surface area contributed by atoms with Crippen LogP contribution in [0.5, 0.6) is 0 Å². The third-order valence-electron chi connectivity index (χ3n) is 3.10. The average molecular weight is 291 g/mol. The second-order valence-corrected chi connectivity index (χ2v) is 4.49. The summed E-state index contributed by atoms with van der Waals surface area (Å²) in [7, 11) is 0. The van der Waals surface area contributed by atoms with Crippen molar-refractivity contribution in [2.45, 2.75) is 5.92 Å². The molecule has 0 heterocycles. The van der Waals surface area contributed by atoms with Crippen LogP contribution in [0.2, 0.25) is 0 Å². The van der Waals surface area contributed by atoms with Crippen LogP contribution in [0, 0.1) is 11.6 Å².